The summed E-state index contributed by atoms with van der Waals surface area (Å²) in [4.78, 5) is 0. The van der Waals surface area contributed by atoms with Gasteiger partial charge in [0.05, 0.1) is 0 Å². The summed E-state index contributed by atoms with van der Waals surface area (Å²) in [5.41, 5.74) is 2.53. The van der Waals surface area contributed by atoms with Crippen LogP contribution in [0.3, 0.4) is 0 Å². The van der Waals surface area contributed by atoms with E-state index in [1.165, 1.54) is 86.5 Å². The lowest BCUT2D eigenvalue weighted by Crippen LogP contribution is -1.79. The largest absolute Gasteiger partial charge is 0.0622 e. The van der Waals surface area contributed by atoms with E-state index in [1.807, 2.05) is 0 Å². The molecule has 0 aliphatic rings. The van der Waals surface area contributed by atoms with Crippen molar-refractivity contribution >= 4 is 75.4 Å². The average Bonchev–Trinajstić information content (AvgIpc) is 3.43. The zero-order valence-corrected chi connectivity index (χ0v) is 19.5. The second kappa shape index (κ2) is 6.50. The van der Waals surface area contributed by atoms with Crippen molar-refractivity contribution in [2.24, 2.45) is 0 Å². The summed E-state index contributed by atoms with van der Waals surface area (Å²) in [6, 6.07) is 45.2. The third kappa shape index (κ3) is 2.25. The van der Waals surface area contributed by atoms with Crippen molar-refractivity contribution in [1.29, 1.82) is 0 Å². The molecule has 0 bridgehead atoms. The van der Waals surface area contributed by atoms with Crippen molar-refractivity contribution in [3.63, 3.8) is 0 Å². The first-order valence-electron chi connectivity index (χ1n) is 12.6. The third-order valence-electron chi connectivity index (χ3n) is 8.31. The fourth-order valence-electron chi connectivity index (χ4n) is 6.75. The first-order chi connectivity index (χ1) is 17.8. The van der Waals surface area contributed by atoms with E-state index in [2.05, 4.69) is 121 Å². The van der Waals surface area contributed by atoms with Crippen molar-refractivity contribution < 1.29 is 0 Å². The van der Waals surface area contributed by atoms with Gasteiger partial charge in [0, 0.05) is 0 Å². The minimum absolute atomic E-state index is 1.26. The highest BCUT2D eigenvalue weighted by Gasteiger charge is 2.17. The highest BCUT2D eigenvalue weighted by Crippen LogP contribution is 2.46. The fourth-order valence-corrected chi connectivity index (χ4v) is 6.75. The summed E-state index contributed by atoms with van der Waals surface area (Å²) in [6.07, 6.45) is 0. The van der Waals surface area contributed by atoms with E-state index in [1.54, 1.807) is 0 Å². The first kappa shape index (κ1) is 18.6. The Labute approximate surface area is 207 Å². The van der Waals surface area contributed by atoms with E-state index >= 15 is 0 Å². The maximum absolute atomic E-state index is 2.45. The Hall–Kier alpha value is -4.68. The van der Waals surface area contributed by atoms with Crippen molar-refractivity contribution in [3.05, 3.63) is 121 Å². The number of hydrogen-bond acceptors (Lipinski definition) is 0. The summed E-state index contributed by atoms with van der Waals surface area (Å²) in [6.45, 7) is 0. The van der Waals surface area contributed by atoms with Crippen LogP contribution in [0, 0.1) is 0 Å². The monoisotopic (exact) mass is 452 g/mol. The van der Waals surface area contributed by atoms with Crippen molar-refractivity contribution in [1.82, 2.24) is 0 Å². The van der Waals surface area contributed by atoms with E-state index in [-0.39, 0.29) is 0 Å². The molecular formula is C36H20. The van der Waals surface area contributed by atoms with E-state index < -0.39 is 0 Å². The zero-order valence-electron chi connectivity index (χ0n) is 19.5. The van der Waals surface area contributed by atoms with Crippen molar-refractivity contribution in [3.8, 4) is 11.1 Å². The molecule has 0 nitrogen and oxygen atoms in total. The Morgan fingerprint density at radius 1 is 0.250 bits per heavy atom. The lowest BCUT2D eigenvalue weighted by Gasteiger charge is -2.07. The van der Waals surface area contributed by atoms with Crippen LogP contribution in [0.2, 0.25) is 0 Å². The fraction of sp³-hybridized carbons (Fsp3) is 0. The van der Waals surface area contributed by atoms with Crippen molar-refractivity contribution in [2.75, 3.05) is 0 Å². The van der Waals surface area contributed by atoms with Gasteiger partial charge >= 0.3 is 0 Å². The minimum Gasteiger partial charge on any atom is -0.0622 e. The second-order valence-corrected chi connectivity index (χ2v) is 10.1. The van der Waals surface area contributed by atoms with Gasteiger partial charge in [0.25, 0.3) is 0 Å². The Morgan fingerprint density at radius 3 is 1.64 bits per heavy atom. The summed E-state index contributed by atoms with van der Waals surface area (Å²) >= 11 is 0. The van der Waals surface area contributed by atoms with Gasteiger partial charge in [-0.1, -0.05) is 97.1 Å². The molecule has 0 heteroatoms. The Balaban J connectivity index is 1.45. The quantitative estimate of drug-likeness (QED) is 0.217. The molecule has 0 aliphatic heterocycles. The molecule has 0 saturated heterocycles. The predicted octanol–water partition coefficient (Wildman–Crippen LogP) is 10.3. The Morgan fingerprint density at radius 2 is 0.861 bits per heavy atom. The number of rotatable bonds is 1. The molecule has 9 aromatic carbocycles. The van der Waals surface area contributed by atoms with Crippen LogP contribution in [0.4, 0.5) is 0 Å². The molecule has 0 amide bonds. The molecule has 0 N–H and O–H groups in total. The van der Waals surface area contributed by atoms with Crippen molar-refractivity contribution in [2.45, 2.75) is 0 Å². The van der Waals surface area contributed by atoms with Gasteiger partial charge in [-0.3, -0.25) is 0 Å². The molecular weight excluding hydrogens is 432 g/mol. The molecule has 0 aliphatic carbocycles. The summed E-state index contributed by atoms with van der Waals surface area (Å²) in [5.74, 6) is 0. The first-order valence-corrected chi connectivity index (χ1v) is 12.6. The minimum atomic E-state index is 1.26. The molecule has 9 aromatic rings. The Kier molecular flexibility index (Phi) is 3.36. The summed E-state index contributed by atoms with van der Waals surface area (Å²) in [7, 11) is 0. The topological polar surface area (TPSA) is 0 Å². The molecule has 0 radical (unpaired) electrons. The van der Waals surface area contributed by atoms with E-state index in [0.717, 1.165) is 0 Å². The second-order valence-electron chi connectivity index (χ2n) is 10.1. The highest BCUT2D eigenvalue weighted by atomic mass is 14.2. The van der Waals surface area contributed by atoms with Gasteiger partial charge in [0.2, 0.25) is 0 Å². The number of fused-ring (bicyclic) bond motifs is 8. The molecule has 164 valence electrons. The number of hydrogen-bond donors (Lipinski definition) is 0. The molecule has 0 unspecified atom stereocenters. The summed E-state index contributed by atoms with van der Waals surface area (Å²) in [5, 5.41) is 18.9. The van der Waals surface area contributed by atoms with E-state index in [4.69, 9.17) is 0 Å². The standard InChI is InChI=1S/C36H20/c1-2-7-21(8-3-1)23-15-16-25-31(17-23)29-14-6-13-26-30-20-33-28-12-5-10-22-9-4-11-27(35(22)28)32(33)18-24(30)19-34(25)36(26)29/h1-20H. The third-order valence-corrected chi connectivity index (χ3v) is 8.31. The van der Waals surface area contributed by atoms with Gasteiger partial charge < -0.3 is 0 Å². The van der Waals surface area contributed by atoms with Gasteiger partial charge in [-0.05, 0) is 111 Å². The molecule has 9 rings (SSSR count). The van der Waals surface area contributed by atoms with Crippen LogP contribution in [-0.4, -0.2) is 0 Å². The molecule has 0 atom stereocenters. The predicted molar refractivity (Wildman–Crippen MR) is 157 cm³/mol. The van der Waals surface area contributed by atoms with Gasteiger partial charge in [-0.15, -0.1) is 0 Å². The van der Waals surface area contributed by atoms with Gasteiger partial charge in [0.15, 0.2) is 0 Å². The van der Waals surface area contributed by atoms with E-state index in [0.29, 0.717) is 0 Å². The molecule has 0 aromatic heterocycles. The molecule has 0 spiro atoms. The summed E-state index contributed by atoms with van der Waals surface area (Å²) < 4.78 is 0. The average molecular weight is 453 g/mol. The lowest BCUT2D eigenvalue weighted by molar-refractivity contribution is 1.66. The van der Waals surface area contributed by atoms with Gasteiger partial charge in [-0.2, -0.15) is 0 Å². The van der Waals surface area contributed by atoms with Crippen LogP contribution in [0.5, 0.6) is 0 Å². The van der Waals surface area contributed by atoms with Crippen LogP contribution in [0.15, 0.2) is 121 Å². The molecule has 0 saturated carbocycles. The van der Waals surface area contributed by atoms with Crippen LogP contribution in [-0.2, 0) is 0 Å². The van der Waals surface area contributed by atoms with Crippen LogP contribution in [0.1, 0.15) is 0 Å². The van der Waals surface area contributed by atoms with Crippen LogP contribution >= 0.6 is 0 Å². The smallest absolute Gasteiger partial charge is 0.00199 e. The van der Waals surface area contributed by atoms with Gasteiger partial charge in [-0.25, -0.2) is 0 Å². The maximum atomic E-state index is 2.45. The van der Waals surface area contributed by atoms with Crippen LogP contribution in [0.25, 0.3) is 86.5 Å². The maximum Gasteiger partial charge on any atom is -0.00199 e. The van der Waals surface area contributed by atoms with Crippen LogP contribution < -0.4 is 0 Å². The molecule has 0 heterocycles. The normalized spacial score (nSPS) is 12.4. The molecule has 0 fully saturated rings. The van der Waals surface area contributed by atoms with E-state index in [9.17, 15) is 0 Å². The zero-order chi connectivity index (χ0) is 23.4. The Bertz CT molecular complexity index is 2280. The number of benzene rings is 7. The SMILES string of the molecule is c1ccc(-c2ccc3c(c2)c2cccc4c5cc6c(cc5cc3c42)c2cccc3cccc6c32)cc1. The lowest BCUT2D eigenvalue weighted by atomic mass is 9.96. The molecule has 36 heavy (non-hydrogen) atoms. The highest BCUT2D eigenvalue weighted by molar-refractivity contribution is 6.37. The van der Waals surface area contributed by atoms with Gasteiger partial charge in [0.1, 0.15) is 0 Å².